The van der Waals surface area contributed by atoms with Crippen LogP contribution >= 0.6 is 0 Å². The van der Waals surface area contributed by atoms with E-state index in [4.69, 9.17) is 15.7 Å². The third-order valence-corrected chi connectivity index (χ3v) is 6.67. The van der Waals surface area contributed by atoms with Crippen molar-refractivity contribution >= 4 is 15.5 Å². The third kappa shape index (κ3) is 4.96. The fraction of sp³-hybridized carbons (Fsp3) is 0.522. The summed E-state index contributed by atoms with van der Waals surface area (Å²) in [5, 5.41) is 13.8. The number of nitrogens with one attached hydrogen (secondary N) is 1. The largest absolute Gasteiger partial charge is 0.493 e. The van der Waals surface area contributed by atoms with Gasteiger partial charge in [0.1, 0.15) is 11.6 Å². The van der Waals surface area contributed by atoms with E-state index in [9.17, 15) is 18.3 Å². The van der Waals surface area contributed by atoms with Gasteiger partial charge < -0.3 is 14.8 Å². The Morgan fingerprint density at radius 3 is 2.63 bits per heavy atom. The van der Waals surface area contributed by atoms with Crippen LogP contribution in [-0.2, 0) is 16.4 Å². The molecule has 2 N–H and O–H groups in total. The van der Waals surface area contributed by atoms with Crippen molar-refractivity contribution < 1.29 is 29.2 Å². The lowest BCUT2D eigenvalue weighted by atomic mass is 10.2. The summed E-state index contributed by atoms with van der Waals surface area (Å²) in [6, 6.07) is 3.13. The van der Waals surface area contributed by atoms with Crippen molar-refractivity contribution in [3.05, 3.63) is 40.1 Å². The van der Waals surface area contributed by atoms with E-state index in [-0.39, 0.29) is 34.2 Å². The minimum absolute atomic E-state index is 0.0678. The molecule has 0 saturated carbocycles. The van der Waals surface area contributed by atoms with E-state index < -0.39 is 63.9 Å². The zero-order valence-corrected chi connectivity index (χ0v) is 20.3. The molecule has 1 aliphatic heterocycles. The number of aromatic amines is 1. The maximum atomic E-state index is 14.0. The van der Waals surface area contributed by atoms with E-state index in [1.807, 2.05) is 6.92 Å². The number of aliphatic hydroxyl groups excluding tert-OH is 1. The first-order chi connectivity index (χ1) is 19.8. The van der Waals surface area contributed by atoms with Gasteiger partial charge in [0.2, 0.25) is 10.0 Å². The molecule has 0 aliphatic carbocycles. The number of hydrogen-bond donors (Lipinski definition) is 2. The summed E-state index contributed by atoms with van der Waals surface area (Å²) >= 11 is 0. The van der Waals surface area contributed by atoms with Gasteiger partial charge in [0.05, 0.1) is 29.4 Å². The average Bonchev–Trinajstić information content (AvgIpc) is 3.21. The summed E-state index contributed by atoms with van der Waals surface area (Å²) in [7, 11) is -5.37. The molecule has 0 spiro atoms. The van der Waals surface area contributed by atoms with E-state index in [0.717, 1.165) is 12.1 Å². The van der Waals surface area contributed by atoms with Gasteiger partial charge in [-0.05, 0) is 38.5 Å². The summed E-state index contributed by atoms with van der Waals surface area (Å²) in [5.74, 6) is 0.412. The Balaban J connectivity index is 1.97. The van der Waals surface area contributed by atoms with E-state index >= 15 is 0 Å². The first-order valence-electron chi connectivity index (χ1n) is 15.0. The molecule has 0 amide bonds. The number of imidazole rings is 1. The Bertz CT molecular complexity index is 1680. The van der Waals surface area contributed by atoms with Crippen LogP contribution in [0.15, 0.2) is 27.9 Å². The number of rotatable bonds is 9. The molecular formula is C23H32N6O5S. The molecule has 1 saturated heterocycles. The minimum atomic E-state index is -5.37. The predicted octanol–water partition coefficient (Wildman–Crippen LogP) is 1.04. The van der Waals surface area contributed by atoms with Crippen LogP contribution in [0, 0.1) is 6.92 Å². The molecule has 0 unspecified atom stereocenters. The van der Waals surface area contributed by atoms with E-state index in [1.54, 1.807) is 13.8 Å². The number of H-pyrrole nitrogens is 1. The lowest BCUT2D eigenvalue weighted by Gasteiger charge is -2.33. The molecule has 1 aliphatic rings. The van der Waals surface area contributed by atoms with Gasteiger partial charge >= 0.3 is 0 Å². The smallest absolute Gasteiger partial charge is 0.277 e. The van der Waals surface area contributed by atoms with Crippen LogP contribution in [0.4, 0.5) is 0 Å². The number of nitrogens with zero attached hydrogens (tertiary/aromatic N) is 5. The van der Waals surface area contributed by atoms with Crippen molar-refractivity contribution in [2.24, 2.45) is 0 Å². The normalized spacial score (nSPS) is 24.8. The number of sulfonamides is 1. The number of aromatic nitrogens is 4. The SMILES string of the molecule is [2H]C1([2H])N(CCO)C([2H])([2H])C([2H])([2H])N(S(=O)(=O)c2ccc(OCC)c(-c3nn4c(CCC)nc(C)c4c(=O)[nH]3)c2)C1([2H])[2H]. The summed E-state index contributed by atoms with van der Waals surface area (Å²) in [4.78, 5) is 19.4. The first kappa shape index (κ1) is 16.8. The Kier molecular flexibility index (Phi) is 5.01. The van der Waals surface area contributed by atoms with E-state index in [2.05, 4.69) is 15.1 Å². The molecule has 4 rings (SSSR count). The molecule has 1 fully saturated rings. The number of aliphatic hydroxyl groups is 1. The van der Waals surface area contributed by atoms with Crippen molar-refractivity contribution in [1.82, 2.24) is 28.8 Å². The van der Waals surface area contributed by atoms with Crippen LogP contribution < -0.4 is 10.3 Å². The van der Waals surface area contributed by atoms with Crippen molar-refractivity contribution in [2.75, 3.05) is 45.7 Å². The topological polar surface area (TPSA) is 133 Å². The number of hydrogen-bond acceptors (Lipinski definition) is 8. The van der Waals surface area contributed by atoms with Gasteiger partial charge in [-0.25, -0.2) is 17.9 Å². The lowest BCUT2D eigenvalue weighted by Crippen LogP contribution is -2.49. The average molecular weight is 513 g/mol. The Morgan fingerprint density at radius 1 is 1.23 bits per heavy atom. The highest BCUT2D eigenvalue weighted by molar-refractivity contribution is 7.89. The summed E-state index contributed by atoms with van der Waals surface area (Å²) in [5.41, 5.74) is -0.0390. The molecule has 11 nitrogen and oxygen atoms in total. The number of benzene rings is 1. The first-order valence-corrected chi connectivity index (χ1v) is 12.5. The summed E-state index contributed by atoms with van der Waals surface area (Å²) in [6.45, 7) is -10.6. The summed E-state index contributed by atoms with van der Waals surface area (Å²) < 4.78 is 102. The Labute approximate surface area is 215 Å². The monoisotopic (exact) mass is 512 g/mol. The minimum Gasteiger partial charge on any atom is -0.493 e. The van der Waals surface area contributed by atoms with Gasteiger partial charge in [-0.2, -0.15) is 4.31 Å². The summed E-state index contributed by atoms with van der Waals surface area (Å²) in [6.07, 6.45) is 1.17. The van der Waals surface area contributed by atoms with Crippen LogP contribution in [0.1, 0.15) is 42.8 Å². The second kappa shape index (κ2) is 10.4. The van der Waals surface area contributed by atoms with Gasteiger partial charge in [-0.1, -0.05) is 6.92 Å². The van der Waals surface area contributed by atoms with Crippen molar-refractivity contribution in [2.45, 2.75) is 38.5 Å². The molecule has 3 heterocycles. The Hall–Kier alpha value is -2.80. The van der Waals surface area contributed by atoms with Gasteiger partial charge in [0.25, 0.3) is 5.56 Å². The van der Waals surface area contributed by atoms with Crippen molar-refractivity contribution in [1.29, 1.82) is 0 Å². The fourth-order valence-electron chi connectivity index (χ4n) is 3.58. The second-order valence-corrected chi connectivity index (χ2v) is 9.40. The third-order valence-electron chi connectivity index (χ3n) is 5.16. The molecule has 1 aromatic carbocycles. The number of β-amino-alcohol motifs (C(OH)–C–C–N with tert-alkyl or cyclic N) is 1. The van der Waals surface area contributed by atoms with Crippen molar-refractivity contribution in [3.8, 4) is 17.1 Å². The van der Waals surface area contributed by atoms with Gasteiger partial charge in [-0.3, -0.25) is 9.69 Å². The van der Waals surface area contributed by atoms with Gasteiger partial charge in [0.15, 0.2) is 11.3 Å². The standard InChI is InChI=1S/C23H32N6O5S/c1-4-6-20-24-16(3)21-23(31)25-22(26-29(20)21)18-15-17(7-8-19(18)34-5-2)35(32,33)28-11-9-27(10-12-28)13-14-30/h7-8,15,30H,4-6,9-14H2,1-3H3,(H,25,26,31)/i9D2,10D2,11D2,12D2. The van der Waals surface area contributed by atoms with Gasteiger partial charge in [0, 0.05) is 49.9 Å². The molecule has 0 radical (unpaired) electrons. The molecule has 2 aromatic heterocycles. The van der Waals surface area contributed by atoms with E-state index in [1.165, 1.54) is 10.6 Å². The lowest BCUT2D eigenvalue weighted by molar-refractivity contribution is 0.151. The molecule has 190 valence electrons. The highest BCUT2D eigenvalue weighted by Gasteiger charge is 2.29. The number of aryl methyl sites for hydroxylation is 2. The molecule has 35 heavy (non-hydrogen) atoms. The number of piperazine rings is 1. The zero-order chi connectivity index (χ0) is 32.3. The van der Waals surface area contributed by atoms with Gasteiger partial charge in [-0.15, -0.1) is 5.10 Å². The van der Waals surface area contributed by atoms with Crippen molar-refractivity contribution in [3.63, 3.8) is 0 Å². The van der Waals surface area contributed by atoms with E-state index in [0.29, 0.717) is 24.4 Å². The molecular weight excluding hydrogens is 472 g/mol. The highest BCUT2D eigenvalue weighted by Crippen LogP contribution is 2.31. The van der Waals surface area contributed by atoms with Crippen LogP contribution in [0.2, 0.25) is 0 Å². The van der Waals surface area contributed by atoms with Crippen LogP contribution in [0.3, 0.4) is 0 Å². The number of fused-ring (bicyclic) bond motifs is 1. The van der Waals surface area contributed by atoms with Crippen LogP contribution in [0.5, 0.6) is 5.75 Å². The fourth-order valence-corrected chi connectivity index (χ4v) is 4.62. The highest BCUT2D eigenvalue weighted by atomic mass is 32.2. The quantitative estimate of drug-likeness (QED) is 0.435. The maximum Gasteiger partial charge on any atom is 0.277 e. The molecule has 12 heteroatoms. The molecule has 0 atom stereocenters. The Morgan fingerprint density at radius 2 is 1.97 bits per heavy atom. The second-order valence-electron chi connectivity index (χ2n) is 7.61. The van der Waals surface area contributed by atoms with Crippen LogP contribution in [0.25, 0.3) is 16.9 Å². The maximum absolute atomic E-state index is 14.0. The molecule has 3 aromatic rings. The zero-order valence-electron chi connectivity index (χ0n) is 27.5. The van der Waals surface area contributed by atoms with Crippen LogP contribution in [-0.4, -0.2) is 88.1 Å². The predicted molar refractivity (Wildman–Crippen MR) is 131 cm³/mol. The number of ether oxygens (including phenoxy) is 1. The molecule has 0 bridgehead atoms.